The Morgan fingerprint density at radius 2 is 1.92 bits per heavy atom. The highest BCUT2D eigenvalue weighted by atomic mass is 35.5. The van der Waals surface area contributed by atoms with Gasteiger partial charge < -0.3 is 14.8 Å². The van der Waals surface area contributed by atoms with Crippen LogP contribution >= 0.6 is 22.9 Å². The highest BCUT2D eigenvalue weighted by molar-refractivity contribution is 7.07. The Bertz CT molecular complexity index is 1700. The number of fused-ring (bicyclic) bond motifs is 2. The van der Waals surface area contributed by atoms with E-state index in [-0.39, 0.29) is 27.7 Å². The van der Waals surface area contributed by atoms with Gasteiger partial charge >= 0.3 is 5.97 Å². The van der Waals surface area contributed by atoms with Crippen molar-refractivity contribution in [3.8, 4) is 5.75 Å². The van der Waals surface area contributed by atoms with Crippen LogP contribution in [0.1, 0.15) is 43.5 Å². The van der Waals surface area contributed by atoms with Gasteiger partial charge in [0.25, 0.3) is 11.5 Å². The molecular formula is C27H24ClN3O5S. The van der Waals surface area contributed by atoms with Gasteiger partial charge in [0.15, 0.2) is 4.80 Å². The minimum Gasteiger partial charge on any atom is -0.496 e. The number of nitrogens with zero attached hydrogens (tertiary/aromatic N) is 2. The summed E-state index contributed by atoms with van der Waals surface area (Å²) in [7, 11) is 1.50. The van der Waals surface area contributed by atoms with E-state index in [0.717, 1.165) is 16.9 Å². The molecule has 0 bridgehead atoms. The first-order valence-electron chi connectivity index (χ1n) is 11.6. The number of hydrogen-bond donors (Lipinski definition) is 1. The number of rotatable bonds is 4. The highest BCUT2D eigenvalue weighted by Crippen LogP contribution is 2.38. The Morgan fingerprint density at radius 1 is 1.16 bits per heavy atom. The normalized spacial score (nSPS) is 17.8. The molecule has 3 heterocycles. The number of benzene rings is 2. The number of allylic oxidation sites excluding steroid dienone is 1. The fourth-order valence-corrected chi connectivity index (χ4v) is 5.95. The lowest BCUT2D eigenvalue weighted by molar-refractivity contribution is -0.143. The molecule has 0 fully saturated rings. The smallest absolute Gasteiger partial charge is 0.338 e. The zero-order chi connectivity index (χ0) is 26.6. The van der Waals surface area contributed by atoms with E-state index in [1.807, 2.05) is 25.1 Å². The highest BCUT2D eigenvalue weighted by Gasteiger charge is 2.37. The van der Waals surface area contributed by atoms with E-state index < -0.39 is 17.6 Å². The standard InChI is InChI=1S/C27H24ClN3O5S/c1-12(2)36-26(34)20-14(4)29-27-31(22(20)17-11-15(28)7-9-19(17)35-5)25(33)23(37-27)21-16-10-13(3)6-8-18(16)30-24(21)32/h6-12,22H,1-5H3,(H,30,32)/b23-21+/t22-/m1/s1. The van der Waals surface area contributed by atoms with Gasteiger partial charge in [-0.05, 0) is 58.0 Å². The van der Waals surface area contributed by atoms with E-state index in [9.17, 15) is 14.4 Å². The van der Waals surface area contributed by atoms with Crippen LogP contribution in [0.5, 0.6) is 5.75 Å². The minimum absolute atomic E-state index is 0.199. The van der Waals surface area contributed by atoms with E-state index in [0.29, 0.717) is 38.1 Å². The zero-order valence-electron chi connectivity index (χ0n) is 20.8. The Balaban J connectivity index is 1.85. The summed E-state index contributed by atoms with van der Waals surface area (Å²) in [5, 5.41) is 3.25. The third-order valence-electron chi connectivity index (χ3n) is 6.19. The summed E-state index contributed by atoms with van der Waals surface area (Å²) >= 11 is 7.46. The number of methoxy groups -OCH3 is 1. The number of thiazole rings is 1. The second-order valence-electron chi connectivity index (χ2n) is 9.12. The molecule has 1 aromatic heterocycles. The zero-order valence-corrected chi connectivity index (χ0v) is 22.4. The van der Waals surface area contributed by atoms with Gasteiger partial charge in [0.1, 0.15) is 16.3 Å². The number of hydrogen-bond acceptors (Lipinski definition) is 7. The van der Waals surface area contributed by atoms with Crippen molar-refractivity contribution in [3.05, 3.63) is 89.1 Å². The Labute approximate surface area is 221 Å². The average Bonchev–Trinajstić information content (AvgIpc) is 3.32. The fraction of sp³-hybridized carbons (Fsp3) is 0.259. The molecule has 0 radical (unpaired) electrons. The van der Waals surface area contributed by atoms with Crippen molar-refractivity contribution in [3.63, 3.8) is 0 Å². The van der Waals surface area contributed by atoms with E-state index >= 15 is 0 Å². The van der Waals surface area contributed by atoms with Crippen molar-refractivity contribution in [2.24, 2.45) is 4.99 Å². The number of carbonyl (C=O) groups excluding carboxylic acids is 2. The SMILES string of the molecule is COc1ccc(Cl)cc1[C@@H]1C(C(=O)OC(C)C)=C(C)N=c2s/c(=C3/C(=O)Nc4ccc(C)cc43)c(=O)n21. The number of halogens is 1. The van der Waals surface area contributed by atoms with Gasteiger partial charge in [-0.25, -0.2) is 9.79 Å². The van der Waals surface area contributed by atoms with Gasteiger partial charge in [-0.1, -0.05) is 34.6 Å². The monoisotopic (exact) mass is 537 g/mol. The summed E-state index contributed by atoms with van der Waals surface area (Å²) in [5.74, 6) is -0.518. The topological polar surface area (TPSA) is 99.0 Å². The molecule has 5 rings (SSSR count). The van der Waals surface area contributed by atoms with Crippen LogP contribution in [0, 0.1) is 6.92 Å². The molecule has 8 nitrogen and oxygen atoms in total. The van der Waals surface area contributed by atoms with Gasteiger partial charge in [-0.3, -0.25) is 14.2 Å². The first-order valence-corrected chi connectivity index (χ1v) is 12.8. The van der Waals surface area contributed by atoms with E-state index in [2.05, 4.69) is 10.3 Å². The predicted octanol–water partition coefficient (Wildman–Crippen LogP) is 3.48. The summed E-state index contributed by atoms with van der Waals surface area (Å²) in [6, 6.07) is 9.66. The molecule has 2 aromatic carbocycles. The number of aromatic nitrogens is 1. The number of nitrogens with one attached hydrogen (secondary N) is 1. The lowest BCUT2D eigenvalue weighted by atomic mass is 9.95. The first-order chi connectivity index (χ1) is 17.6. The van der Waals surface area contributed by atoms with Crippen LogP contribution in [0.25, 0.3) is 5.57 Å². The third kappa shape index (κ3) is 4.18. The third-order valence-corrected chi connectivity index (χ3v) is 7.48. The molecule has 0 aliphatic carbocycles. The second kappa shape index (κ2) is 9.32. The number of aryl methyl sites for hydroxylation is 1. The van der Waals surface area contributed by atoms with Gasteiger partial charge in [0.05, 0.1) is 30.1 Å². The molecule has 2 aliphatic heterocycles. The Kier molecular flexibility index (Phi) is 6.29. The van der Waals surface area contributed by atoms with E-state index in [1.54, 1.807) is 39.0 Å². The van der Waals surface area contributed by atoms with Gasteiger partial charge in [-0.15, -0.1) is 0 Å². The maximum absolute atomic E-state index is 14.1. The van der Waals surface area contributed by atoms with Crippen molar-refractivity contribution in [1.29, 1.82) is 0 Å². The van der Waals surface area contributed by atoms with Crippen LogP contribution in [-0.4, -0.2) is 29.7 Å². The summed E-state index contributed by atoms with van der Waals surface area (Å²) in [6.45, 7) is 7.11. The molecule has 0 unspecified atom stereocenters. The van der Waals surface area contributed by atoms with Gasteiger partial charge in [-0.2, -0.15) is 0 Å². The second-order valence-corrected chi connectivity index (χ2v) is 10.5. The molecule has 0 spiro atoms. The summed E-state index contributed by atoms with van der Waals surface area (Å²) < 4.78 is 12.8. The Morgan fingerprint density at radius 3 is 2.62 bits per heavy atom. The van der Waals surface area contributed by atoms with Crippen LogP contribution in [0.4, 0.5) is 5.69 Å². The van der Waals surface area contributed by atoms with Crippen molar-refractivity contribution in [2.45, 2.75) is 39.8 Å². The Hall–Kier alpha value is -3.69. The average molecular weight is 538 g/mol. The molecule has 37 heavy (non-hydrogen) atoms. The first kappa shape index (κ1) is 25.0. The molecule has 2 aliphatic rings. The van der Waals surface area contributed by atoms with Crippen molar-refractivity contribution >= 4 is 46.1 Å². The maximum Gasteiger partial charge on any atom is 0.338 e. The summed E-state index contributed by atoms with van der Waals surface area (Å²) in [4.78, 5) is 45.4. The van der Waals surface area contributed by atoms with Crippen LogP contribution in [-0.2, 0) is 14.3 Å². The van der Waals surface area contributed by atoms with Crippen LogP contribution in [0.2, 0.25) is 5.02 Å². The largest absolute Gasteiger partial charge is 0.496 e. The molecular weight excluding hydrogens is 514 g/mol. The van der Waals surface area contributed by atoms with E-state index in [1.165, 1.54) is 11.7 Å². The molecule has 0 saturated heterocycles. The lowest BCUT2D eigenvalue weighted by Crippen LogP contribution is -2.41. The number of anilines is 1. The molecule has 1 atom stereocenters. The number of amides is 1. The molecule has 3 aromatic rings. The number of ether oxygens (including phenoxy) is 2. The number of carbonyl (C=O) groups is 2. The number of esters is 1. The quantitative estimate of drug-likeness (QED) is 0.514. The lowest BCUT2D eigenvalue weighted by Gasteiger charge is -2.26. The van der Waals surface area contributed by atoms with Crippen molar-refractivity contribution < 1.29 is 19.1 Å². The summed E-state index contributed by atoms with van der Waals surface area (Å²) in [5.41, 5.74) is 3.20. The minimum atomic E-state index is -0.924. The molecule has 0 saturated carbocycles. The van der Waals surface area contributed by atoms with Gasteiger partial charge in [0, 0.05) is 21.8 Å². The molecule has 10 heteroatoms. The predicted molar refractivity (Wildman–Crippen MR) is 142 cm³/mol. The molecule has 1 N–H and O–H groups in total. The molecule has 1 amide bonds. The molecule has 190 valence electrons. The van der Waals surface area contributed by atoms with Crippen molar-refractivity contribution in [1.82, 2.24) is 4.57 Å². The summed E-state index contributed by atoms with van der Waals surface area (Å²) in [6.07, 6.45) is -0.386. The van der Waals surface area contributed by atoms with Crippen LogP contribution in [0.3, 0.4) is 0 Å². The van der Waals surface area contributed by atoms with Crippen LogP contribution in [0.15, 0.2) is 57.5 Å². The maximum atomic E-state index is 14.1. The van der Waals surface area contributed by atoms with Crippen LogP contribution < -0.4 is 24.9 Å². The van der Waals surface area contributed by atoms with Gasteiger partial charge in [0.2, 0.25) is 0 Å². The fourth-order valence-electron chi connectivity index (χ4n) is 4.63. The van der Waals surface area contributed by atoms with E-state index in [4.69, 9.17) is 21.1 Å². The van der Waals surface area contributed by atoms with Crippen molar-refractivity contribution in [2.75, 3.05) is 12.4 Å².